The molecule has 0 unspecified atom stereocenters. The van der Waals surface area contributed by atoms with Crippen LogP contribution in [0.2, 0.25) is 5.02 Å². The minimum atomic E-state index is -4.49. The zero-order valence-corrected chi connectivity index (χ0v) is 15.2. The molecule has 2 aromatic rings. The summed E-state index contributed by atoms with van der Waals surface area (Å²) in [5.41, 5.74) is 1.42. The number of hydrogen-bond donors (Lipinski definition) is 3. The highest BCUT2D eigenvalue weighted by Gasteiger charge is 2.29. The predicted molar refractivity (Wildman–Crippen MR) is 93.8 cm³/mol. The molecule has 0 amide bonds. The Morgan fingerprint density at radius 1 is 1.44 bits per heavy atom. The van der Waals surface area contributed by atoms with Crippen molar-refractivity contribution in [3.8, 4) is 0 Å². The maximum Gasteiger partial charge on any atom is 0.268 e. The fourth-order valence-corrected chi connectivity index (χ4v) is 4.52. The van der Waals surface area contributed by atoms with E-state index in [0.29, 0.717) is 12.5 Å². The van der Waals surface area contributed by atoms with E-state index in [1.807, 2.05) is 4.72 Å². The average Bonchev–Trinajstić information content (AvgIpc) is 3.22. The summed E-state index contributed by atoms with van der Waals surface area (Å²) in [4.78, 5) is 2.61. The molecular weight excluding hydrogens is 394 g/mol. The fraction of sp³-hybridized carbons (Fsp3) is 0.357. The highest BCUT2D eigenvalue weighted by Crippen LogP contribution is 2.33. The number of anilines is 2. The van der Waals surface area contributed by atoms with Crippen molar-refractivity contribution in [3.63, 3.8) is 0 Å². The van der Waals surface area contributed by atoms with Gasteiger partial charge in [0.25, 0.3) is 10.0 Å². The number of sulfonamides is 1. The van der Waals surface area contributed by atoms with E-state index in [-0.39, 0.29) is 11.5 Å². The van der Waals surface area contributed by atoms with Crippen LogP contribution < -0.4 is 15.4 Å². The lowest BCUT2D eigenvalue weighted by Gasteiger charge is -2.15. The molecule has 1 aliphatic heterocycles. The maximum absolute atomic E-state index is 14.5. The SMILES string of the molecule is O=S(=O)(Nc1cscn1)c1c(F)cc(NC[C@H]2CCNC2)c(Cl)c1F. The second-order valence-electron chi connectivity index (χ2n) is 5.58. The molecular formula is C14H15ClF2N4O2S2. The number of thiazole rings is 1. The van der Waals surface area contributed by atoms with Crippen LogP contribution >= 0.6 is 22.9 Å². The molecule has 1 aliphatic rings. The van der Waals surface area contributed by atoms with E-state index < -0.39 is 31.6 Å². The van der Waals surface area contributed by atoms with E-state index in [1.165, 1.54) is 10.9 Å². The van der Waals surface area contributed by atoms with Crippen LogP contribution in [0.3, 0.4) is 0 Å². The zero-order valence-electron chi connectivity index (χ0n) is 12.9. The normalized spacial score (nSPS) is 17.6. The van der Waals surface area contributed by atoms with Gasteiger partial charge >= 0.3 is 0 Å². The molecule has 2 heterocycles. The second kappa shape index (κ2) is 7.40. The van der Waals surface area contributed by atoms with Gasteiger partial charge in [-0.3, -0.25) is 4.72 Å². The van der Waals surface area contributed by atoms with Crippen molar-refractivity contribution in [1.82, 2.24) is 10.3 Å². The molecule has 0 saturated carbocycles. The zero-order chi connectivity index (χ0) is 18.0. The third kappa shape index (κ3) is 4.02. The second-order valence-corrected chi connectivity index (χ2v) is 8.30. The Morgan fingerprint density at radius 2 is 2.24 bits per heavy atom. The largest absolute Gasteiger partial charge is 0.383 e. The van der Waals surface area contributed by atoms with Crippen LogP contribution in [0.5, 0.6) is 0 Å². The summed E-state index contributed by atoms with van der Waals surface area (Å²) in [5, 5.41) is 7.00. The molecule has 136 valence electrons. The van der Waals surface area contributed by atoms with E-state index in [9.17, 15) is 17.2 Å². The Bertz CT molecular complexity index is 856. The molecule has 25 heavy (non-hydrogen) atoms. The van der Waals surface area contributed by atoms with Crippen molar-refractivity contribution in [1.29, 1.82) is 0 Å². The van der Waals surface area contributed by atoms with Crippen LogP contribution in [0, 0.1) is 17.6 Å². The van der Waals surface area contributed by atoms with Gasteiger partial charge in [0.1, 0.15) is 10.8 Å². The van der Waals surface area contributed by atoms with Crippen molar-refractivity contribution in [2.45, 2.75) is 11.3 Å². The third-order valence-corrected chi connectivity index (χ3v) is 6.15. The maximum atomic E-state index is 14.5. The lowest BCUT2D eigenvalue weighted by Crippen LogP contribution is -2.19. The van der Waals surface area contributed by atoms with Crippen molar-refractivity contribution in [2.75, 3.05) is 29.7 Å². The van der Waals surface area contributed by atoms with Crippen molar-refractivity contribution in [2.24, 2.45) is 5.92 Å². The van der Waals surface area contributed by atoms with Crippen LogP contribution in [0.4, 0.5) is 20.3 Å². The summed E-state index contributed by atoms with van der Waals surface area (Å²) in [5.74, 6) is -2.26. The first kappa shape index (κ1) is 18.3. The predicted octanol–water partition coefficient (Wildman–Crippen LogP) is 2.90. The van der Waals surface area contributed by atoms with Gasteiger partial charge in [0, 0.05) is 18.0 Å². The molecule has 0 spiro atoms. The Hall–Kier alpha value is -1.49. The first-order valence-electron chi connectivity index (χ1n) is 7.41. The Balaban J connectivity index is 1.86. The molecule has 1 saturated heterocycles. The van der Waals surface area contributed by atoms with Crippen molar-refractivity contribution in [3.05, 3.63) is 33.6 Å². The van der Waals surface area contributed by atoms with E-state index in [0.717, 1.165) is 36.9 Å². The number of aromatic nitrogens is 1. The van der Waals surface area contributed by atoms with Crippen LogP contribution in [-0.2, 0) is 10.0 Å². The molecule has 1 aromatic carbocycles. The lowest BCUT2D eigenvalue weighted by atomic mass is 10.1. The first-order valence-corrected chi connectivity index (χ1v) is 10.2. The molecule has 0 bridgehead atoms. The van der Waals surface area contributed by atoms with Crippen molar-refractivity contribution >= 4 is 44.5 Å². The Kier molecular flexibility index (Phi) is 5.42. The molecule has 6 nitrogen and oxygen atoms in total. The van der Waals surface area contributed by atoms with Gasteiger partial charge in [-0.05, 0) is 25.4 Å². The van der Waals surface area contributed by atoms with Crippen LogP contribution in [-0.4, -0.2) is 33.0 Å². The summed E-state index contributed by atoms with van der Waals surface area (Å²) in [6, 6.07) is 0.892. The fourth-order valence-electron chi connectivity index (χ4n) is 2.55. The van der Waals surface area contributed by atoms with Gasteiger partial charge in [0.2, 0.25) is 0 Å². The van der Waals surface area contributed by atoms with Gasteiger partial charge in [0.05, 0.1) is 11.2 Å². The van der Waals surface area contributed by atoms with Gasteiger partial charge < -0.3 is 10.6 Å². The monoisotopic (exact) mass is 408 g/mol. The van der Waals surface area contributed by atoms with Crippen molar-refractivity contribution < 1.29 is 17.2 Å². The molecule has 1 fully saturated rings. The summed E-state index contributed by atoms with van der Waals surface area (Å²) in [6.07, 6.45) is 0.944. The molecule has 1 aromatic heterocycles. The minimum Gasteiger partial charge on any atom is -0.383 e. The van der Waals surface area contributed by atoms with Gasteiger partial charge in [-0.1, -0.05) is 11.6 Å². The van der Waals surface area contributed by atoms with Crippen LogP contribution in [0.1, 0.15) is 6.42 Å². The average molecular weight is 409 g/mol. The molecule has 3 N–H and O–H groups in total. The van der Waals surface area contributed by atoms with Crippen LogP contribution in [0.15, 0.2) is 21.9 Å². The Labute approximate surface area is 152 Å². The summed E-state index contributed by atoms with van der Waals surface area (Å²) in [6.45, 7) is 2.18. The molecule has 0 radical (unpaired) electrons. The molecule has 1 atom stereocenters. The van der Waals surface area contributed by atoms with E-state index in [2.05, 4.69) is 15.6 Å². The number of rotatable bonds is 6. The highest BCUT2D eigenvalue weighted by atomic mass is 35.5. The first-order chi connectivity index (χ1) is 11.9. The molecule has 3 rings (SSSR count). The van der Waals surface area contributed by atoms with E-state index in [1.54, 1.807) is 0 Å². The van der Waals surface area contributed by atoms with Gasteiger partial charge in [-0.25, -0.2) is 22.2 Å². The van der Waals surface area contributed by atoms with Gasteiger partial charge in [-0.2, -0.15) is 0 Å². The smallest absolute Gasteiger partial charge is 0.268 e. The highest BCUT2D eigenvalue weighted by molar-refractivity contribution is 7.92. The van der Waals surface area contributed by atoms with Gasteiger partial charge in [0.15, 0.2) is 16.5 Å². The number of hydrogen-bond acceptors (Lipinski definition) is 6. The minimum absolute atomic E-state index is 0.0177. The van der Waals surface area contributed by atoms with Gasteiger partial charge in [-0.15, -0.1) is 11.3 Å². The number of benzene rings is 1. The number of halogens is 3. The lowest BCUT2D eigenvalue weighted by molar-refractivity contribution is 0.521. The standard InChI is InChI=1S/C14H15ClF2N4O2S2/c15-12-10(19-5-8-1-2-18-4-8)3-9(16)14(13(12)17)25(22,23)21-11-6-24-7-20-11/h3,6-8,18-19,21H,1-2,4-5H2/t8-/m0/s1. The third-order valence-electron chi connectivity index (χ3n) is 3.80. The number of nitrogens with zero attached hydrogens (tertiary/aromatic N) is 1. The summed E-state index contributed by atoms with van der Waals surface area (Å²) in [7, 11) is -4.49. The quantitative estimate of drug-likeness (QED) is 0.640. The van der Waals surface area contributed by atoms with E-state index >= 15 is 0 Å². The topological polar surface area (TPSA) is 83.1 Å². The molecule has 0 aliphatic carbocycles. The Morgan fingerprint density at radius 3 is 2.88 bits per heavy atom. The summed E-state index contributed by atoms with van der Waals surface area (Å²) >= 11 is 7.06. The van der Waals surface area contributed by atoms with Crippen LogP contribution in [0.25, 0.3) is 0 Å². The summed E-state index contributed by atoms with van der Waals surface area (Å²) < 4.78 is 55.4. The number of nitrogens with one attached hydrogen (secondary N) is 3. The molecule has 11 heteroatoms. The van der Waals surface area contributed by atoms with E-state index in [4.69, 9.17) is 11.6 Å².